The molecule has 18 heavy (non-hydrogen) atoms. The van der Waals surface area contributed by atoms with Gasteiger partial charge < -0.3 is 10.1 Å². The highest BCUT2D eigenvalue weighted by Crippen LogP contribution is 2.20. The second kappa shape index (κ2) is 6.21. The Balaban J connectivity index is 2.00. The maximum atomic E-state index is 12.0. The number of hydrogen-bond acceptors (Lipinski definition) is 2. The van der Waals surface area contributed by atoms with Gasteiger partial charge in [-0.05, 0) is 37.0 Å². The van der Waals surface area contributed by atoms with Gasteiger partial charge in [0, 0.05) is 11.6 Å². The molecule has 1 amide bonds. The summed E-state index contributed by atoms with van der Waals surface area (Å²) in [6.45, 7) is 2.74. The lowest BCUT2D eigenvalue weighted by Gasteiger charge is -2.19. The van der Waals surface area contributed by atoms with Crippen LogP contribution in [-0.4, -0.2) is 18.6 Å². The second-order valence-electron chi connectivity index (χ2n) is 4.52. The van der Waals surface area contributed by atoms with Gasteiger partial charge in [-0.15, -0.1) is 0 Å². The molecule has 4 heteroatoms. The van der Waals surface area contributed by atoms with Gasteiger partial charge >= 0.3 is 0 Å². The predicted octanol–water partition coefficient (Wildman–Crippen LogP) is 3.09. The molecule has 1 saturated heterocycles. The van der Waals surface area contributed by atoms with Crippen molar-refractivity contribution >= 4 is 17.5 Å². The molecule has 98 valence electrons. The molecule has 1 N–H and O–H groups in total. The Bertz CT molecular complexity index is 399. The van der Waals surface area contributed by atoms with Gasteiger partial charge in [-0.1, -0.05) is 30.7 Å². The minimum Gasteiger partial charge on any atom is -0.368 e. The van der Waals surface area contributed by atoms with Crippen LogP contribution in [-0.2, 0) is 9.53 Å². The Morgan fingerprint density at radius 2 is 2.22 bits per heavy atom. The van der Waals surface area contributed by atoms with Crippen LogP contribution in [0, 0.1) is 0 Å². The lowest BCUT2D eigenvalue weighted by molar-refractivity contribution is -0.130. The normalized spacial score (nSPS) is 20.7. The fourth-order valence-corrected chi connectivity index (χ4v) is 2.29. The summed E-state index contributed by atoms with van der Waals surface area (Å²) in [7, 11) is 0. The molecule has 1 aromatic rings. The third-order valence-corrected chi connectivity index (χ3v) is 3.47. The zero-order valence-corrected chi connectivity index (χ0v) is 11.2. The van der Waals surface area contributed by atoms with Crippen LogP contribution in [0.1, 0.15) is 37.8 Å². The fourth-order valence-electron chi connectivity index (χ4n) is 2.17. The van der Waals surface area contributed by atoms with E-state index in [0.29, 0.717) is 11.6 Å². The van der Waals surface area contributed by atoms with E-state index in [0.717, 1.165) is 24.8 Å². The van der Waals surface area contributed by atoms with Crippen molar-refractivity contribution in [3.8, 4) is 0 Å². The largest absolute Gasteiger partial charge is 0.368 e. The van der Waals surface area contributed by atoms with Crippen molar-refractivity contribution in [2.45, 2.75) is 38.3 Å². The molecule has 0 aliphatic carbocycles. The van der Waals surface area contributed by atoms with E-state index < -0.39 is 0 Å². The highest BCUT2D eigenvalue weighted by molar-refractivity contribution is 6.30. The number of carbonyl (C=O) groups excluding carboxylic acids is 1. The summed E-state index contributed by atoms with van der Waals surface area (Å²) in [5.74, 6) is -0.00528. The summed E-state index contributed by atoms with van der Waals surface area (Å²) < 4.78 is 5.38. The van der Waals surface area contributed by atoms with Gasteiger partial charge in [0.1, 0.15) is 6.10 Å². The molecule has 1 fully saturated rings. The van der Waals surface area contributed by atoms with Crippen LogP contribution in [0.25, 0.3) is 0 Å². The summed E-state index contributed by atoms with van der Waals surface area (Å²) >= 11 is 5.86. The van der Waals surface area contributed by atoms with E-state index in [-0.39, 0.29) is 18.1 Å². The minimum absolute atomic E-state index is 0.00528. The molecule has 0 radical (unpaired) electrons. The zero-order valence-electron chi connectivity index (χ0n) is 10.5. The van der Waals surface area contributed by atoms with Crippen molar-refractivity contribution in [1.29, 1.82) is 0 Å². The van der Waals surface area contributed by atoms with Crippen LogP contribution in [0.5, 0.6) is 0 Å². The molecule has 2 rings (SSSR count). The first kappa shape index (κ1) is 13.4. The standard InChI is InChI=1S/C14H18ClNO2/c1-2-12(10-5-7-11(15)8-6-10)16-14(17)13-4-3-9-18-13/h5-8,12-13H,2-4,9H2,1H3,(H,16,17). The van der Waals surface area contributed by atoms with E-state index in [4.69, 9.17) is 16.3 Å². The Kier molecular flexibility index (Phi) is 4.61. The molecule has 1 heterocycles. The highest BCUT2D eigenvalue weighted by atomic mass is 35.5. The topological polar surface area (TPSA) is 38.3 Å². The van der Waals surface area contributed by atoms with Crippen molar-refractivity contribution in [3.05, 3.63) is 34.9 Å². The second-order valence-corrected chi connectivity index (χ2v) is 4.96. The average molecular weight is 268 g/mol. The summed E-state index contributed by atoms with van der Waals surface area (Å²) in [6, 6.07) is 7.62. The average Bonchev–Trinajstić information content (AvgIpc) is 2.91. The molecule has 3 nitrogen and oxygen atoms in total. The molecule has 2 unspecified atom stereocenters. The molecule has 0 spiro atoms. The first-order valence-electron chi connectivity index (χ1n) is 6.38. The summed E-state index contributed by atoms with van der Waals surface area (Å²) in [5, 5.41) is 3.74. The van der Waals surface area contributed by atoms with Gasteiger partial charge in [0.05, 0.1) is 6.04 Å². The minimum atomic E-state index is -0.272. The molecule has 0 saturated carbocycles. The van der Waals surface area contributed by atoms with Gasteiger partial charge in [-0.25, -0.2) is 0 Å². The van der Waals surface area contributed by atoms with Gasteiger partial charge in [-0.3, -0.25) is 4.79 Å². The first-order chi connectivity index (χ1) is 8.70. The highest BCUT2D eigenvalue weighted by Gasteiger charge is 2.25. The first-order valence-corrected chi connectivity index (χ1v) is 6.76. The Hall–Kier alpha value is -1.06. The predicted molar refractivity (Wildman–Crippen MR) is 71.6 cm³/mol. The van der Waals surface area contributed by atoms with Crippen LogP contribution in [0.4, 0.5) is 0 Å². The monoisotopic (exact) mass is 267 g/mol. The molecule has 1 aromatic carbocycles. The number of halogens is 1. The van der Waals surface area contributed by atoms with E-state index in [1.165, 1.54) is 0 Å². The van der Waals surface area contributed by atoms with Crippen molar-refractivity contribution in [2.75, 3.05) is 6.61 Å². The van der Waals surface area contributed by atoms with E-state index >= 15 is 0 Å². The lowest BCUT2D eigenvalue weighted by Crippen LogP contribution is -2.36. The van der Waals surface area contributed by atoms with E-state index in [2.05, 4.69) is 12.2 Å². The van der Waals surface area contributed by atoms with Crippen molar-refractivity contribution in [1.82, 2.24) is 5.32 Å². The van der Waals surface area contributed by atoms with Gasteiger partial charge in [-0.2, -0.15) is 0 Å². The zero-order chi connectivity index (χ0) is 13.0. The number of carbonyl (C=O) groups is 1. The van der Waals surface area contributed by atoms with Gasteiger partial charge in [0.25, 0.3) is 0 Å². The van der Waals surface area contributed by atoms with Crippen LogP contribution in [0.3, 0.4) is 0 Å². The third kappa shape index (κ3) is 3.24. The van der Waals surface area contributed by atoms with E-state index in [9.17, 15) is 4.79 Å². The van der Waals surface area contributed by atoms with Crippen molar-refractivity contribution in [3.63, 3.8) is 0 Å². The quantitative estimate of drug-likeness (QED) is 0.910. The molecule has 1 aliphatic rings. The van der Waals surface area contributed by atoms with Crippen LogP contribution >= 0.6 is 11.6 Å². The SMILES string of the molecule is CCC(NC(=O)C1CCCO1)c1ccc(Cl)cc1. The fraction of sp³-hybridized carbons (Fsp3) is 0.500. The smallest absolute Gasteiger partial charge is 0.249 e. The van der Waals surface area contributed by atoms with Crippen molar-refractivity contribution in [2.24, 2.45) is 0 Å². The summed E-state index contributed by atoms with van der Waals surface area (Å²) in [6.07, 6.45) is 2.37. The maximum Gasteiger partial charge on any atom is 0.249 e. The number of amides is 1. The van der Waals surface area contributed by atoms with Crippen LogP contribution in [0.2, 0.25) is 5.02 Å². The van der Waals surface area contributed by atoms with Crippen molar-refractivity contribution < 1.29 is 9.53 Å². The van der Waals surface area contributed by atoms with Crippen LogP contribution < -0.4 is 5.32 Å². The lowest BCUT2D eigenvalue weighted by atomic mass is 10.0. The summed E-state index contributed by atoms with van der Waals surface area (Å²) in [5.41, 5.74) is 1.08. The number of benzene rings is 1. The van der Waals surface area contributed by atoms with E-state index in [1.807, 2.05) is 24.3 Å². The number of hydrogen-bond donors (Lipinski definition) is 1. The number of nitrogens with one attached hydrogen (secondary N) is 1. The Morgan fingerprint density at radius 3 is 2.78 bits per heavy atom. The number of ether oxygens (including phenoxy) is 1. The molecule has 0 bridgehead atoms. The van der Waals surface area contributed by atoms with Crippen LogP contribution in [0.15, 0.2) is 24.3 Å². The van der Waals surface area contributed by atoms with Gasteiger partial charge in [0.15, 0.2) is 0 Å². The molecule has 0 aromatic heterocycles. The Labute approximate surface area is 112 Å². The molecule has 2 atom stereocenters. The van der Waals surface area contributed by atoms with Gasteiger partial charge in [0.2, 0.25) is 5.91 Å². The number of rotatable bonds is 4. The molecular weight excluding hydrogens is 250 g/mol. The third-order valence-electron chi connectivity index (χ3n) is 3.22. The molecule has 1 aliphatic heterocycles. The molecular formula is C14H18ClNO2. The van der Waals surface area contributed by atoms with E-state index in [1.54, 1.807) is 0 Å². The maximum absolute atomic E-state index is 12.0. The summed E-state index contributed by atoms with van der Waals surface area (Å²) in [4.78, 5) is 12.0. The Morgan fingerprint density at radius 1 is 1.50 bits per heavy atom.